The Morgan fingerprint density at radius 3 is 2.54 bits per heavy atom. The second-order valence-corrected chi connectivity index (χ2v) is 7.89. The molecule has 0 aliphatic heterocycles. The minimum atomic E-state index is 0.186. The molecular weight excluding hydrogens is 352 g/mol. The van der Waals surface area contributed by atoms with Crippen LogP contribution < -0.4 is 15.4 Å². The van der Waals surface area contributed by atoms with Crippen LogP contribution in [-0.4, -0.2) is 65.4 Å². The molecule has 0 radical (unpaired) electrons. The zero-order chi connectivity index (χ0) is 20.4. The highest BCUT2D eigenvalue weighted by Crippen LogP contribution is 2.44. The van der Waals surface area contributed by atoms with E-state index in [1.165, 1.54) is 24.8 Å². The summed E-state index contributed by atoms with van der Waals surface area (Å²) in [6.45, 7) is 5.37. The molecule has 0 saturated heterocycles. The number of methoxy groups -OCH3 is 2. The van der Waals surface area contributed by atoms with Gasteiger partial charge < -0.3 is 25.0 Å². The minimum Gasteiger partial charge on any atom is -0.496 e. The molecule has 0 bridgehead atoms. The van der Waals surface area contributed by atoms with Gasteiger partial charge in [0, 0.05) is 38.9 Å². The van der Waals surface area contributed by atoms with Crippen LogP contribution in [0, 0.1) is 5.41 Å². The number of nitrogens with one attached hydrogen (secondary N) is 2. The van der Waals surface area contributed by atoms with Gasteiger partial charge in [0.25, 0.3) is 0 Å². The van der Waals surface area contributed by atoms with Gasteiger partial charge in [0.1, 0.15) is 5.75 Å². The Balaban J connectivity index is 2.05. The molecule has 1 atom stereocenters. The number of hydrogen-bond donors (Lipinski definition) is 2. The molecule has 1 unspecified atom stereocenters. The Labute approximate surface area is 170 Å². The molecule has 1 aromatic carbocycles. The number of para-hydroxylation sites is 1. The van der Waals surface area contributed by atoms with Crippen molar-refractivity contribution in [2.24, 2.45) is 10.4 Å². The lowest BCUT2D eigenvalue weighted by molar-refractivity contribution is 0.0778. The SMILES string of the molecule is CCNC(=NCC1(CCOC)CCC1)NCC(c1ccccc1OC)N(C)C. The fraction of sp³-hybridized carbons (Fsp3) is 0.682. The first-order valence-electron chi connectivity index (χ1n) is 10.4. The van der Waals surface area contributed by atoms with E-state index < -0.39 is 0 Å². The molecule has 158 valence electrons. The molecule has 0 spiro atoms. The van der Waals surface area contributed by atoms with Crippen LogP contribution in [0.25, 0.3) is 0 Å². The van der Waals surface area contributed by atoms with Gasteiger partial charge in [0.2, 0.25) is 0 Å². The smallest absolute Gasteiger partial charge is 0.191 e. The van der Waals surface area contributed by atoms with Crippen LogP contribution in [-0.2, 0) is 4.74 Å². The largest absolute Gasteiger partial charge is 0.496 e. The zero-order valence-electron chi connectivity index (χ0n) is 18.3. The first-order valence-corrected chi connectivity index (χ1v) is 10.4. The maximum Gasteiger partial charge on any atom is 0.191 e. The Hall–Kier alpha value is -1.79. The average Bonchev–Trinajstić information content (AvgIpc) is 2.67. The summed E-state index contributed by atoms with van der Waals surface area (Å²) in [5.74, 6) is 1.80. The van der Waals surface area contributed by atoms with Crippen molar-refractivity contribution >= 4 is 5.96 Å². The highest BCUT2D eigenvalue weighted by molar-refractivity contribution is 5.79. The van der Waals surface area contributed by atoms with E-state index in [2.05, 4.69) is 48.7 Å². The van der Waals surface area contributed by atoms with Crippen molar-refractivity contribution in [1.82, 2.24) is 15.5 Å². The molecule has 0 amide bonds. The Morgan fingerprint density at radius 2 is 1.96 bits per heavy atom. The molecule has 1 aliphatic rings. The topological polar surface area (TPSA) is 58.1 Å². The molecule has 2 rings (SSSR count). The lowest BCUT2D eigenvalue weighted by Gasteiger charge is -2.40. The molecule has 1 saturated carbocycles. The molecule has 28 heavy (non-hydrogen) atoms. The molecule has 6 nitrogen and oxygen atoms in total. The second-order valence-electron chi connectivity index (χ2n) is 7.89. The highest BCUT2D eigenvalue weighted by Gasteiger charge is 2.36. The third-order valence-corrected chi connectivity index (χ3v) is 5.75. The predicted molar refractivity (Wildman–Crippen MR) is 116 cm³/mol. The lowest BCUT2D eigenvalue weighted by Crippen LogP contribution is -2.43. The van der Waals surface area contributed by atoms with Gasteiger partial charge in [-0.15, -0.1) is 0 Å². The summed E-state index contributed by atoms with van der Waals surface area (Å²) in [6.07, 6.45) is 4.90. The van der Waals surface area contributed by atoms with E-state index in [1.54, 1.807) is 14.2 Å². The lowest BCUT2D eigenvalue weighted by atomic mass is 9.67. The molecule has 0 heterocycles. The molecule has 2 N–H and O–H groups in total. The average molecular weight is 391 g/mol. The molecule has 0 aromatic heterocycles. The van der Waals surface area contributed by atoms with Crippen molar-refractivity contribution in [3.05, 3.63) is 29.8 Å². The first-order chi connectivity index (χ1) is 13.5. The van der Waals surface area contributed by atoms with E-state index in [9.17, 15) is 0 Å². The van der Waals surface area contributed by atoms with E-state index >= 15 is 0 Å². The number of rotatable bonds is 11. The summed E-state index contributed by atoms with van der Waals surface area (Å²) in [5, 5.41) is 6.93. The summed E-state index contributed by atoms with van der Waals surface area (Å²) >= 11 is 0. The van der Waals surface area contributed by atoms with E-state index in [-0.39, 0.29) is 6.04 Å². The fourth-order valence-electron chi connectivity index (χ4n) is 3.78. The Kier molecular flexibility index (Phi) is 9.06. The van der Waals surface area contributed by atoms with E-state index in [0.29, 0.717) is 5.41 Å². The van der Waals surface area contributed by atoms with Gasteiger partial charge in [-0.05, 0) is 51.8 Å². The van der Waals surface area contributed by atoms with Crippen LogP contribution in [0.1, 0.15) is 44.2 Å². The van der Waals surface area contributed by atoms with Crippen LogP contribution in [0.4, 0.5) is 0 Å². The number of guanidine groups is 1. The van der Waals surface area contributed by atoms with Gasteiger partial charge in [-0.1, -0.05) is 24.6 Å². The zero-order valence-corrected chi connectivity index (χ0v) is 18.3. The van der Waals surface area contributed by atoms with Crippen molar-refractivity contribution in [2.45, 2.75) is 38.6 Å². The van der Waals surface area contributed by atoms with Crippen LogP contribution in [0.15, 0.2) is 29.3 Å². The molecular formula is C22H38N4O2. The number of ether oxygens (including phenoxy) is 2. The van der Waals surface area contributed by atoms with Crippen molar-refractivity contribution in [3.8, 4) is 5.75 Å². The maximum atomic E-state index is 5.57. The van der Waals surface area contributed by atoms with Crippen molar-refractivity contribution in [2.75, 3.05) is 54.6 Å². The van der Waals surface area contributed by atoms with Gasteiger partial charge in [-0.25, -0.2) is 0 Å². The van der Waals surface area contributed by atoms with Gasteiger partial charge in [0.05, 0.1) is 13.2 Å². The van der Waals surface area contributed by atoms with Crippen LogP contribution in [0.5, 0.6) is 5.75 Å². The third kappa shape index (κ3) is 6.11. The van der Waals surface area contributed by atoms with Crippen molar-refractivity contribution < 1.29 is 9.47 Å². The number of aliphatic imine (C=N–C) groups is 1. The summed E-state index contributed by atoms with van der Waals surface area (Å²) in [6, 6.07) is 8.40. The van der Waals surface area contributed by atoms with Crippen LogP contribution in [0.3, 0.4) is 0 Å². The van der Waals surface area contributed by atoms with Gasteiger partial charge in [-0.3, -0.25) is 4.99 Å². The predicted octanol–water partition coefficient (Wildman–Crippen LogP) is 3.06. The molecule has 1 aliphatic carbocycles. The second kappa shape index (κ2) is 11.3. The maximum absolute atomic E-state index is 5.57. The van der Waals surface area contributed by atoms with E-state index in [0.717, 1.165) is 44.4 Å². The van der Waals surface area contributed by atoms with Gasteiger partial charge in [-0.2, -0.15) is 0 Å². The number of nitrogens with zero attached hydrogens (tertiary/aromatic N) is 2. The Bertz CT molecular complexity index is 614. The van der Waals surface area contributed by atoms with E-state index in [4.69, 9.17) is 14.5 Å². The highest BCUT2D eigenvalue weighted by atomic mass is 16.5. The standard InChI is InChI=1S/C22H38N4O2/c1-6-23-21(25-17-22(12-9-13-22)14-15-27-4)24-16-19(26(2)3)18-10-7-8-11-20(18)28-5/h7-8,10-11,19H,6,9,12-17H2,1-5H3,(H2,23,24,25). The monoisotopic (exact) mass is 390 g/mol. The summed E-state index contributed by atoms with van der Waals surface area (Å²) in [5.41, 5.74) is 1.50. The third-order valence-electron chi connectivity index (χ3n) is 5.75. The number of hydrogen-bond acceptors (Lipinski definition) is 4. The molecule has 1 fully saturated rings. The minimum absolute atomic E-state index is 0.186. The Morgan fingerprint density at radius 1 is 1.21 bits per heavy atom. The number of benzene rings is 1. The van der Waals surface area contributed by atoms with E-state index in [1.807, 2.05) is 12.1 Å². The van der Waals surface area contributed by atoms with Crippen molar-refractivity contribution in [3.63, 3.8) is 0 Å². The molecule has 1 aromatic rings. The summed E-state index contributed by atoms with van der Waals surface area (Å²) in [7, 11) is 7.69. The van der Waals surface area contributed by atoms with Crippen LogP contribution in [0.2, 0.25) is 0 Å². The summed E-state index contributed by atoms with van der Waals surface area (Å²) in [4.78, 5) is 7.13. The number of likely N-dealkylation sites (N-methyl/N-ethyl adjacent to an activating group) is 1. The van der Waals surface area contributed by atoms with Crippen molar-refractivity contribution in [1.29, 1.82) is 0 Å². The normalized spacial score (nSPS) is 17.1. The fourth-order valence-corrected chi connectivity index (χ4v) is 3.78. The van der Waals surface area contributed by atoms with Crippen LogP contribution >= 0.6 is 0 Å². The van der Waals surface area contributed by atoms with Gasteiger partial charge >= 0.3 is 0 Å². The molecule has 6 heteroatoms. The first kappa shape index (κ1) is 22.5. The summed E-state index contributed by atoms with van der Waals surface area (Å²) < 4.78 is 10.9. The van der Waals surface area contributed by atoms with Gasteiger partial charge in [0.15, 0.2) is 5.96 Å². The quantitative estimate of drug-likeness (QED) is 0.449.